The first-order valence-electron chi connectivity index (χ1n) is 13.3. The van der Waals surface area contributed by atoms with Crippen molar-refractivity contribution in [1.82, 2.24) is 5.32 Å². The third-order valence-corrected chi connectivity index (χ3v) is 8.50. The first-order valence-corrected chi connectivity index (χ1v) is 14.1. The molecule has 0 radical (unpaired) electrons. The molecule has 4 aromatic rings. The van der Waals surface area contributed by atoms with Crippen LogP contribution in [0.15, 0.2) is 83.9 Å². The third-order valence-electron chi connectivity index (χ3n) is 7.32. The van der Waals surface area contributed by atoms with Gasteiger partial charge in [0, 0.05) is 22.5 Å². The molecule has 0 atom stereocenters. The number of halogens is 1. The van der Waals surface area contributed by atoms with E-state index < -0.39 is 0 Å². The average molecular weight is 538 g/mol. The average Bonchev–Trinajstić information content (AvgIpc) is 3.45. The van der Waals surface area contributed by atoms with Gasteiger partial charge in [0.15, 0.2) is 0 Å². The van der Waals surface area contributed by atoms with Gasteiger partial charge in [0.2, 0.25) is 0 Å². The zero-order valence-electron chi connectivity index (χ0n) is 21.5. The van der Waals surface area contributed by atoms with Crippen molar-refractivity contribution in [3.05, 3.63) is 117 Å². The highest BCUT2D eigenvalue weighted by Gasteiger charge is 2.35. The van der Waals surface area contributed by atoms with E-state index in [-0.39, 0.29) is 24.2 Å². The van der Waals surface area contributed by atoms with Crippen molar-refractivity contribution in [3.8, 4) is 0 Å². The fraction of sp³-hybridized carbons (Fsp3) is 0.219. The number of amides is 2. The maximum absolute atomic E-state index is 14.5. The topological polar surface area (TPSA) is 61.8 Å². The summed E-state index contributed by atoms with van der Waals surface area (Å²) in [5.74, 6) is -0.790. The Balaban J connectivity index is 1.33. The highest BCUT2D eigenvalue weighted by Crippen LogP contribution is 2.41. The van der Waals surface area contributed by atoms with Gasteiger partial charge in [-0.2, -0.15) is 0 Å². The number of rotatable bonds is 7. The second-order valence-electron chi connectivity index (χ2n) is 9.84. The SMILES string of the molecule is O=C(NCCc1ccccc1)c1c(/N=C2/C(=O)N(Cc3ccccc3F)c3ccccc32)sc2c1CCCC2. The van der Waals surface area contributed by atoms with Gasteiger partial charge in [-0.25, -0.2) is 9.38 Å². The first-order chi connectivity index (χ1) is 19.1. The van der Waals surface area contributed by atoms with Crippen molar-refractivity contribution >= 4 is 39.6 Å². The highest BCUT2D eigenvalue weighted by atomic mass is 32.1. The molecule has 2 aliphatic rings. The van der Waals surface area contributed by atoms with Crippen molar-refractivity contribution in [2.75, 3.05) is 11.4 Å². The number of carbonyl (C=O) groups excluding carboxylic acids is 2. The van der Waals surface area contributed by atoms with Crippen LogP contribution in [0, 0.1) is 5.82 Å². The molecule has 0 bridgehead atoms. The van der Waals surface area contributed by atoms with Gasteiger partial charge in [0.1, 0.15) is 16.5 Å². The molecule has 196 valence electrons. The number of anilines is 1. The van der Waals surface area contributed by atoms with Gasteiger partial charge in [-0.15, -0.1) is 11.3 Å². The van der Waals surface area contributed by atoms with Crippen molar-refractivity contribution in [3.63, 3.8) is 0 Å². The molecule has 0 saturated carbocycles. The molecule has 5 nitrogen and oxygen atoms in total. The van der Waals surface area contributed by atoms with Crippen LogP contribution in [-0.2, 0) is 30.6 Å². The summed E-state index contributed by atoms with van der Waals surface area (Å²) in [6.07, 6.45) is 4.60. The smallest absolute Gasteiger partial charge is 0.277 e. The Morgan fingerprint density at radius 3 is 2.54 bits per heavy atom. The Hall–Kier alpha value is -4.10. The molecule has 3 aromatic carbocycles. The number of hydrogen-bond donors (Lipinski definition) is 1. The van der Waals surface area contributed by atoms with Crippen molar-refractivity contribution < 1.29 is 14.0 Å². The first kappa shape index (κ1) is 25.2. The Labute approximate surface area is 231 Å². The fourth-order valence-electron chi connectivity index (χ4n) is 5.34. The minimum atomic E-state index is -0.353. The fourth-order valence-corrected chi connectivity index (χ4v) is 6.61. The maximum Gasteiger partial charge on any atom is 0.277 e. The van der Waals surface area contributed by atoms with Crippen LogP contribution in [0.25, 0.3) is 0 Å². The van der Waals surface area contributed by atoms with Crippen LogP contribution in [-0.4, -0.2) is 24.1 Å². The summed E-state index contributed by atoms with van der Waals surface area (Å²) in [5, 5.41) is 3.66. The summed E-state index contributed by atoms with van der Waals surface area (Å²) >= 11 is 1.51. The van der Waals surface area contributed by atoms with Crippen LogP contribution in [0.2, 0.25) is 0 Å². The molecule has 0 unspecified atom stereocenters. The predicted octanol–water partition coefficient (Wildman–Crippen LogP) is 6.41. The lowest BCUT2D eigenvalue weighted by Gasteiger charge is -2.17. The van der Waals surface area contributed by atoms with E-state index in [0.29, 0.717) is 39.6 Å². The third kappa shape index (κ3) is 5.02. The molecule has 1 aliphatic carbocycles. The van der Waals surface area contributed by atoms with Crippen molar-refractivity contribution in [1.29, 1.82) is 0 Å². The number of aliphatic imine (C=N–C) groups is 1. The Kier molecular flexibility index (Phi) is 7.07. The number of aryl methyl sites for hydroxylation is 1. The summed E-state index contributed by atoms with van der Waals surface area (Å²) in [6, 6.07) is 24.0. The number of nitrogens with zero attached hydrogens (tertiary/aromatic N) is 2. The summed E-state index contributed by atoms with van der Waals surface area (Å²) in [6.45, 7) is 0.622. The number of hydrogen-bond acceptors (Lipinski definition) is 4. The standard InChI is InChI=1S/C32H28FN3O2S/c33-25-15-7-4-12-22(25)20-36-26-16-8-5-13-23(26)29(32(36)38)35-31-28(24-14-6-9-17-27(24)39-31)30(37)34-19-18-21-10-2-1-3-11-21/h1-5,7-8,10-13,15-16H,6,9,14,17-20H2,(H,34,37)/b35-29+. The minimum absolute atomic E-state index is 0.106. The summed E-state index contributed by atoms with van der Waals surface area (Å²) in [4.78, 5) is 34.9. The van der Waals surface area contributed by atoms with Crippen molar-refractivity contribution in [2.24, 2.45) is 4.99 Å². The number of carbonyl (C=O) groups is 2. The van der Waals surface area contributed by atoms with E-state index in [1.807, 2.05) is 54.6 Å². The molecule has 0 fully saturated rings. The lowest BCUT2D eigenvalue weighted by molar-refractivity contribution is -0.112. The van der Waals surface area contributed by atoms with Crippen LogP contribution < -0.4 is 10.2 Å². The Morgan fingerprint density at radius 1 is 0.949 bits per heavy atom. The van der Waals surface area contributed by atoms with E-state index in [0.717, 1.165) is 43.2 Å². The van der Waals surface area contributed by atoms with Crippen molar-refractivity contribution in [2.45, 2.75) is 38.6 Å². The molecule has 1 aliphatic heterocycles. The van der Waals surface area contributed by atoms with Gasteiger partial charge in [-0.3, -0.25) is 9.59 Å². The Bertz CT molecular complexity index is 1580. The number of para-hydroxylation sites is 1. The number of fused-ring (bicyclic) bond motifs is 2. The molecule has 2 amide bonds. The van der Waals surface area contributed by atoms with Gasteiger partial charge in [0.05, 0.1) is 17.8 Å². The molecule has 1 N–H and O–H groups in total. The van der Waals surface area contributed by atoms with Gasteiger partial charge in [-0.1, -0.05) is 66.7 Å². The lowest BCUT2D eigenvalue weighted by Crippen LogP contribution is -2.30. The summed E-state index contributed by atoms with van der Waals surface area (Å²) < 4.78 is 14.5. The number of benzene rings is 3. The van der Waals surface area contributed by atoms with Gasteiger partial charge in [-0.05, 0) is 55.4 Å². The molecular weight excluding hydrogens is 509 g/mol. The van der Waals surface area contributed by atoms with Gasteiger partial charge in [0.25, 0.3) is 11.8 Å². The predicted molar refractivity (Wildman–Crippen MR) is 154 cm³/mol. The normalized spacial score (nSPS) is 15.4. The molecule has 6 rings (SSSR count). The second-order valence-corrected chi connectivity index (χ2v) is 10.9. The van der Waals surface area contributed by atoms with E-state index >= 15 is 0 Å². The van der Waals surface area contributed by atoms with Crippen LogP contribution in [0.4, 0.5) is 15.1 Å². The molecule has 2 heterocycles. The van der Waals surface area contributed by atoms with Crippen LogP contribution in [0.3, 0.4) is 0 Å². The zero-order valence-corrected chi connectivity index (χ0v) is 22.3. The molecule has 0 saturated heterocycles. The molecule has 7 heteroatoms. The largest absolute Gasteiger partial charge is 0.352 e. The molecule has 1 aromatic heterocycles. The molecule has 39 heavy (non-hydrogen) atoms. The molecular formula is C32H28FN3O2S. The van der Waals surface area contributed by atoms with E-state index in [1.54, 1.807) is 23.1 Å². The summed E-state index contributed by atoms with van der Waals surface area (Å²) in [7, 11) is 0. The quantitative estimate of drug-likeness (QED) is 0.296. The molecule has 0 spiro atoms. The van der Waals surface area contributed by atoms with E-state index in [2.05, 4.69) is 5.32 Å². The van der Waals surface area contributed by atoms with E-state index in [4.69, 9.17) is 4.99 Å². The Morgan fingerprint density at radius 2 is 1.69 bits per heavy atom. The van der Waals surface area contributed by atoms with Crippen LogP contribution in [0.1, 0.15) is 50.3 Å². The number of nitrogens with one attached hydrogen (secondary N) is 1. The minimum Gasteiger partial charge on any atom is -0.352 e. The monoisotopic (exact) mass is 537 g/mol. The summed E-state index contributed by atoms with van der Waals surface area (Å²) in [5.41, 5.74) is 4.93. The van der Waals surface area contributed by atoms with Crippen LogP contribution in [0.5, 0.6) is 0 Å². The van der Waals surface area contributed by atoms with E-state index in [9.17, 15) is 14.0 Å². The maximum atomic E-state index is 14.5. The number of thiophene rings is 1. The highest BCUT2D eigenvalue weighted by molar-refractivity contribution is 7.16. The lowest BCUT2D eigenvalue weighted by atomic mass is 9.95. The van der Waals surface area contributed by atoms with E-state index in [1.165, 1.54) is 22.3 Å². The van der Waals surface area contributed by atoms with Crippen LogP contribution >= 0.6 is 11.3 Å². The zero-order chi connectivity index (χ0) is 26.8. The van der Waals surface area contributed by atoms with Gasteiger partial charge < -0.3 is 10.2 Å². The van der Waals surface area contributed by atoms with Gasteiger partial charge >= 0.3 is 0 Å². The second kappa shape index (κ2) is 10.9.